The van der Waals surface area contributed by atoms with Gasteiger partial charge in [-0.15, -0.1) is 0 Å². The van der Waals surface area contributed by atoms with E-state index in [1.807, 2.05) is 6.07 Å². The Morgan fingerprint density at radius 2 is 1.45 bits per heavy atom. The number of hydrogen-bond donors (Lipinski definition) is 0. The third kappa shape index (κ3) is 4.09. The van der Waals surface area contributed by atoms with Gasteiger partial charge in [0.05, 0.1) is 0 Å². The second kappa shape index (κ2) is 7.73. The average Bonchev–Trinajstić information content (AvgIpc) is 3.10. The number of para-hydroxylation sites is 1. The smallest absolute Gasteiger partial charge is 0.363 e. The van der Waals surface area contributed by atoms with Crippen LogP contribution in [-0.2, 0) is 19.6 Å². The molecule has 0 bridgehead atoms. The zero-order valence-electron chi connectivity index (χ0n) is 15.1. The fourth-order valence-electron chi connectivity index (χ4n) is 2.74. The first-order valence-corrected chi connectivity index (χ1v) is 10.1. The quantitative estimate of drug-likeness (QED) is 0.366. The lowest BCUT2D eigenvalue weighted by molar-refractivity contribution is -0.129. The van der Waals surface area contributed by atoms with Crippen LogP contribution in [0.25, 0.3) is 6.08 Å². The van der Waals surface area contributed by atoms with Crippen molar-refractivity contribution in [3.8, 4) is 5.75 Å². The second-order valence-corrected chi connectivity index (χ2v) is 7.61. The summed E-state index contributed by atoms with van der Waals surface area (Å²) in [6.07, 6.45) is 1.37. The van der Waals surface area contributed by atoms with Crippen LogP contribution in [0.1, 0.15) is 11.1 Å². The van der Waals surface area contributed by atoms with E-state index in [1.54, 1.807) is 72.8 Å². The number of carbonyl (C=O) groups excluding carboxylic acids is 1. The molecule has 3 aromatic carbocycles. The first-order chi connectivity index (χ1) is 14.0. The fraction of sp³-hybridized carbons (Fsp3) is 0. The number of nitrogens with zero attached hydrogens (tertiary/aromatic N) is 1. The second-order valence-electron chi connectivity index (χ2n) is 6.09. The van der Waals surface area contributed by atoms with E-state index < -0.39 is 16.1 Å². The molecule has 0 aliphatic carbocycles. The first kappa shape index (κ1) is 18.6. The molecular weight excluding hydrogens is 390 g/mol. The number of carbonyl (C=O) groups is 1. The van der Waals surface area contributed by atoms with Crippen LogP contribution in [0.3, 0.4) is 0 Å². The van der Waals surface area contributed by atoms with Gasteiger partial charge in [0, 0.05) is 5.56 Å². The molecule has 1 aliphatic rings. The van der Waals surface area contributed by atoms with Crippen LogP contribution in [0, 0.1) is 0 Å². The highest BCUT2D eigenvalue weighted by atomic mass is 32.2. The Bertz CT molecular complexity index is 1220. The zero-order chi connectivity index (χ0) is 20.3. The summed E-state index contributed by atoms with van der Waals surface area (Å²) in [6, 6.07) is 23.4. The summed E-state index contributed by atoms with van der Waals surface area (Å²) in [6.45, 7) is 0. The van der Waals surface area contributed by atoms with E-state index in [9.17, 15) is 13.2 Å². The molecule has 1 aliphatic heterocycles. The van der Waals surface area contributed by atoms with Crippen molar-refractivity contribution in [2.75, 3.05) is 0 Å². The SMILES string of the molecule is O=C1OC(c2ccccc2)=N/C1=C\c1ccccc1S(=O)(=O)Oc1ccccc1. The van der Waals surface area contributed by atoms with Crippen LogP contribution in [0.15, 0.2) is 101 Å². The standard InChI is InChI=1S/C22H15NO5S/c24-22-19(23-21(27-22)16-9-3-1-4-10-16)15-17-11-7-8-14-20(17)29(25,26)28-18-12-5-2-6-13-18/h1-15H/b19-15-. The highest BCUT2D eigenvalue weighted by molar-refractivity contribution is 7.87. The molecular formula is C22H15NO5S. The molecule has 0 fully saturated rings. The molecule has 0 aromatic heterocycles. The Morgan fingerprint density at radius 1 is 0.828 bits per heavy atom. The van der Waals surface area contributed by atoms with Gasteiger partial charge in [0.25, 0.3) is 0 Å². The van der Waals surface area contributed by atoms with Gasteiger partial charge in [-0.1, -0.05) is 54.6 Å². The summed E-state index contributed by atoms with van der Waals surface area (Å²) in [4.78, 5) is 16.4. The van der Waals surface area contributed by atoms with E-state index in [1.165, 1.54) is 12.1 Å². The molecule has 0 spiro atoms. The molecule has 0 unspecified atom stereocenters. The lowest BCUT2D eigenvalue weighted by Crippen LogP contribution is -2.11. The van der Waals surface area contributed by atoms with Crippen molar-refractivity contribution in [1.82, 2.24) is 0 Å². The van der Waals surface area contributed by atoms with Crippen LogP contribution in [0.5, 0.6) is 5.75 Å². The summed E-state index contributed by atoms with van der Waals surface area (Å²) in [5.74, 6) is -0.289. The number of aliphatic imine (C=N–C) groups is 1. The minimum absolute atomic E-state index is 0.00575. The van der Waals surface area contributed by atoms with E-state index in [2.05, 4.69) is 4.99 Å². The maximum Gasteiger partial charge on any atom is 0.363 e. The van der Waals surface area contributed by atoms with Crippen LogP contribution < -0.4 is 4.18 Å². The van der Waals surface area contributed by atoms with Gasteiger partial charge >= 0.3 is 16.1 Å². The number of ether oxygens (including phenoxy) is 1. The monoisotopic (exact) mass is 405 g/mol. The fourth-order valence-corrected chi connectivity index (χ4v) is 3.85. The van der Waals surface area contributed by atoms with Crippen molar-refractivity contribution in [1.29, 1.82) is 0 Å². The Balaban J connectivity index is 1.70. The van der Waals surface area contributed by atoms with Crippen molar-refractivity contribution >= 4 is 28.1 Å². The lowest BCUT2D eigenvalue weighted by Gasteiger charge is -2.09. The van der Waals surface area contributed by atoms with E-state index in [-0.39, 0.29) is 27.8 Å². The molecule has 144 valence electrons. The molecule has 7 heteroatoms. The Morgan fingerprint density at radius 3 is 2.17 bits per heavy atom. The minimum atomic E-state index is -4.11. The summed E-state index contributed by atoms with van der Waals surface area (Å²) in [5, 5.41) is 0. The van der Waals surface area contributed by atoms with Crippen molar-refractivity contribution in [3.63, 3.8) is 0 Å². The van der Waals surface area contributed by atoms with Gasteiger partial charge < -0.3 is 8.92 Å². The van der Waals surface area contributed by atoms with Gasteiger partial charge in [-0.3, -0.25) is 0 Å². The van der Waals surface area contributed by atoms with Crippen LogP contribution >= 0.6 is 0 Å². The Kier molecular flexibility index (Phi) is 4.97. The predicted molar refractivity (Wildman–Crippen MR) is 108 cm³/mol. The summed E-state index contributed by atoms with van der Waals surface area (Å²) < 4.78 is 35.9. The molecule has 6 nitrogen and oxygen atoms in total. The summed E-state index contributed by atoms with van der Waals surface area (Å²) in [7, 11) is -4.11. The zero-order valence-corrected chi connectivity index (χ0v) is 15.9. The van der Waals surface area contributed by atoms with Gasteiger partial charge in [-0.05, 0) is 42.0 Å². The molecule has 0 amide bonds. The maximum atomic E-state index is 12.8. The van der Waals surface area contributed by atoms with Gasteiger partial charge in [0.1, 0.15) is 10.6 Å². The summed E-state index contributed by atoms with van der Waals surface area (Å²) in [5.41, 5.74) is 0.928. The van der Waals surface area contributed by atoms with Crippen LogP contribution in [0.2, 0.25) is 0 Å². The van der Waals surface area contributed by atoms with Crippen LogP contribution in [0.4, 0.5) is 0 Å². The largest absolute Gasteiger partial charge is 0.402 e. The van der Waals surface area contributed by atoms with E-state index in [4.69, 9.17) is 8.92 Å². The molecule has 3 aromatic rings. The Labute approximate surface area is 167 Å². The molecule has 0 saturated carbocycles. The average molecular weight is 405 g/mol. The third-order valence-electron chi connectivity index (χ3n) is 4.07. The van der Waals surface area contributed by atoms with E-state index in [0.29, 0.717) is 5.56 Å². The summed E-state index contributed by atoms with van der Waals surface area (Å²) >= 11 is 0. The number of rotatable bonds is 5. The highest BCUT2D eigenvalue weighted by Crippen LogP contribution is 2.25. The van der Waals surface area contributed by atoms with Gasteiger partial charge in [0.2, 0.25) is 5.90 Å². The van der Waals surface area contributed by atoms with E-state index in [0.717, 1.165) is 0 Å². The van der Waals surface area contributed by atoms with Gasteiger partial charge in [-0.2, -0.15) is 8.42 Å². The molecule has 1 heterocycles. The normalized spacial score (nSPS) is 15.1. The first-order valence-electron chi connectivity index (χ1n) is 8.69. The third-order valence-corrected chi connectivity index (χ3v) is 5.39. The number of hydrogen-bond acceptors (Lipinski definition) is 6. The molecule has 0 N–H and O–H groups in total. The van der Waals surface area contributed by atoms with E-state index >= 15 is 0 Å². The molecule has 29 heavy (non-hydrogen) atoms. The lowest BCUT2D eigenvalue weighted by atomic mass is 10.2. The Hall–Kier alpha value is -3.71. The topological polar surface area (TPSA) is 82.0 Å². The van der Waals surface area contributed by atoms with Gasteiger partial charge in [0.15, 0.2) is 5.70 Å². The van der Waals surface area contributed by atoms with Crippen LogP contribution in [-0.4, -0.2) is 20.3 Å². The van der Waals surface area contributed by atoms with Crippen molar-refractivity contribution in [2.45, 2.75) is 4.90 Å². The minimum Gasteiger partial charge on any atom is -0.402 e. The molecule has 4 rings (SSSR count). The number of esters is 1. The highest BCUT2D eigenvalue weighted by Gasteiger charge is 2.26. The maximum absolute atomic E-state index is 12.8. The molecule has 0 radical (unpaired) electrons. The molecule has 0 atom stereocenters. The van der Waals surface area contributed by atoms with Crippen molar-refractivity contribution in [2.24, 2.45) is 4.99 Å². The predicted octanol–water partition coefficient (Wildman–Crippen LogP) is 3.80. The van der Waals surface area contributed by atoms with Crippen molar-refractivity contribution < 1.29 is 22.1 Å². The number of benzene rings is 3. The van der Waals surface area contributed by atoms with Gasteiger partial charge in [-0.25, -0.2) is 9.79 Å². The molecule has 0 saturated heterocycles. The van der Waals surface area contributed by atoms with Crippen molar-refractivity contribution in [3.05, 3.63) is 102 Å². The number of cyclic esters (lactones) is 1.